The molecule has 1 aromatic rings. The summed E-state index contributed by atoms with van der Waals surface area (Å²) < 4.78 is 0. The van der Waals surface area contributed by atoms with E-state index in [9.17, 15) is 9.90 Å². The monoisotopic (exact) mass is 307 g/mol. The molecule has 0 saturated carbocycles. The number of likely N-dealkylation sites (tertiary alicyclic amines) is 1. The molecule has 3 nitrogen and oxygen atoms in total. The van der Waals surface area contributed by atoms with Gasteiger partial charge in [0.1, 0.15) is 0 Å². The van der Waals surface area contributed by atoms with E-state index < -0.39 is 5.60 Å². The fourth-order valence-corrected chi connectivity index (χ4v) is 3.47. The highest BCUT2D eigenvalue weighted by molar-refractivity contribution is 7.99. The summed E-state index contributed by atoms with van der Waals surface area (Å²) in [6, 6.07) is 10.3. The lowest BCUT2D eigenvalue weighted by atomic mass is 9.98. The summed E-state index contributed by atoms with van der Waals surface area (Å²) in [6.07, 6.45) is 3.91. The van der Waals surface area contributed by atoms with E-state index in [2.05, 4.69) is 12.1 Å². The highest BCUT2D eigenvalue weighted by Gasteiger charge is 2.26. The molecule has 2 rings (SSSR count). The molecule has 116 valence electrons. The van der Waals surface area contributed by atoms with Crippen molar-refractivity contribution in [2.75, 3.05) is 18.8 Å². The van der Waals surface area contributed by atoms with Gasteiger partial charge in [-0.1, -0.05) is 18.2 Å². The smallest absolute Gasteiger partial charge is 0.222 e. The molecule has 0 aliphatic carbocycles. The molecular formula is C17H25NO2S. The fourth-order valence-electron chi connectivity index (χ4n) is 2.60. The van der Waals surface area contributed by atoms with E-state index in [0.717, 1.165) is 31.6 Å². The number of hydrogen-bond donors (Lipinski definition) is 1. The molecule has 1 N–H and O–H groups in total. The Morgan fingerprint density at radius 1 is 1.29 bits per heavy atom. The van der Waals surface area contributed by atoms with E-state index in [1.165, 1.54) is 4.90 Å². The molecule has 1 atom stereocenters. The van der Waals surface area contributed by atoms with Crippen molar-refractivity contribution in [1.82, 2.24) is 4.90 Å². The van der Waals surface area contributed by atoms with Crippen LogP contribution >= 0.6 is 11.8 Å². The topological polar surface area (TPSA) is 40.5 Å². The third-order valence-corrected chi connectivity index (χ3v) is 5.06. The van der Waals surface area contributed by atoms with Crippen LogP contribution in [0.25, 0.3) is 0 Å². The molecule has 21 heavy (non-hydrogen) atoms. The first-order chi connectivity index (χ1) is 10.1. The van der Waals surface area contributed by atoms with Crippen molar-refractivity contribution < 1.29 is 9.90 Å². The molecule has 0 aromatic heterocycles. The second-order valence-corrected chi connectivity index (χ2v) is 7.16. The molecule has 0 radical (unpaired) electrons. The van der Waals surface area contributed by atoms with Gasteiger partial charge in [-0.15, -0.1) is 11.8 Å². The van der Waals surface area contributed by atoms with Crippen molar-refractivity contribution >= 4 is 17.7 Å². The van der Waals surface area contributed by atoms with E-state index in [1.807, 2.05) is 30.0 Å². The standard InChI is InChI=1S/C17H25NO2S/c1-17(20)10-6-12-18(13-11-17)16(19)9-5-14-21-15-7-3-2-4-8-15/h2-4,7-8,20H,5-6,9-14H2,1H3. The summed E-state index contributed by atoms with van der Waals surface area (Å²) in [6.45, 7) is 3.36. The zero-order valence-electron chi connectivity index (χ0n) is 12.8. The number of carbonyl (C=O) groups excluding carboxylic acids is 1. The summed E-state index contributed by atoms with van der Waals surface area (Å²) in [7, 11) is 0. The fraction of sp³-hybridized carbons (Fsp3) is 0.588. The minimum absolute atomic E-state index is 0.237. The molecule has 1 saturated heterocycles. The molecule has 1 aromatic carbocycles. The lowest BCUT2D eigenvalue weighted by Gasteiger charge is -2.22. The summed E-state index contributed by atoms with van der Waals surface area (Å²) >= 11 is 1.80. The third kappa shape index (κ3) is 5.71. The van der Waals surface area contributed by atoms with Crippen LogP contribution in [0.3, 0.4) is 0 Å². The van der Waals surface area contributed by atoms with E-state index in [4.69, 9.17) is 0 Å². The summed E-state index contributed by atoms with van der Waals surface area (Å²) in [5, 5.41) is 10.1. The van der Waals surface area contributed by atoms with E-state index in [-0.39, 0.29) is 5.91 Å². The Balaban J connectivity index is 1.67. The van der Waals surface area contributed by atoms with Gasteiger partial charge in [0.2, 0.25) is 5.91 Å². The molecular weight excluding hydrogens is 282 g/mol. The number of amides is 1. The van der Waals surface area contributed by atoms with Gasteiger partial charge in [0.15, 0.2) is 0 Å². The Bertz CT molecular complexity index is 447. The maximum absolute atomic E-state index is 12.2. The summed E-state index contributed by atoms with van der Waals surface area (Å²) in [5.41, 5.74) is -0.599. The Labute approximate surface area is 131 Å². The predicted octanol–water partition coefficient (Wildman–Crippen LogP) is 3.32. The van der Waals surface area contributed by atoms with Crippen LogP contribution in [0.15, 0.2) is 35.2 Å². The van der Waals surface area contributed by atoms with Crippen LogP contribution in [-0.4, -0.2) is 40.4 Å². The normalized spacial score (nSPS) is 22.9. The summed E-state index contributed by atoms with van der Waals surface area (Å²) in [5.74, 6) is 1.21. The molecule has 1 fully saturated rings. The number of thioether (sulfide) groups is 1. The largest absolute Gasteiger partial charge is 0.390 e. The maximum atomic E-state index is 12.2. The summed E-state index contributed by atoms with van der Waals surface area (Å²) in [4.78, 5) is 15.4. The maximum Gasteiger partial charge on any atom is 0.222 e. The van der Waals surface area contributed by atoms with Gasteiger partial charge in [0.05, 0.1) is 5.60 Å². The van der Waals surface area contributed by atoms with Gasteiger partial charge < -0.3 is 10.0 Å². The average Bonchev–Trinajstić information content (AvgIpc) is 2.65. The number of aliphatic hydroxyl groups is 1. The first-order valence-corrected chi connectivity index (χ1v) is 8.73. The van der Waals surface area contributed by atoms with Crippen molar-refractivity contribution in [2.24, 2.45) is 0 Å². The van der Waals surface area contributed by atoms with Gasteiger partial charge in [-0.2, -0.15) is 0 Å². The molecule has 4 heteroatoms. The van der Waals surface area contributed by atoms with Gasteiger partial charge >= 0.3 is 0 Å². The lowest BCUT2D eigenvalue weighted by Crippen LogP contribution is -2.33. The van der Waals surface area contributed by atoms with Crippen LogP contribution in [0, 0.1) is 0 Å². The van der Waals surface area contributed by atoms with E-state index >= 15 is 0 Å². The molecule has 1 aliphatic rings. The molecule has 0 bridgehead atoms. The van der Waals surface area contributed by atoms with Crippen molar-refractivity contribution in [3.63, 3.8) is 0 Å². The Kier molecular flexibility index (Phi) is 6.12. The van der Waals surface area contributed by atoms with E-state index in [1.54, 1.807) is 11.8 Å². The van der Waals surface area contributed by atoms with Crippen LogP contribution in [0.1, 0.15) is 39.0 Å². The van der Waals surface area contributed by atoms with Gasteiger partial charge in [-0.25, -0.2) is 0 Å². The van der Waals surface area contributed by atoms with Crippen molar-refractivity contribution in [3.8, 4) is 0 Å². The number of hydrogen-bond acceptors (Lipinski definition) is 3. The number of benzene rings is 1. The van der Waals surface area contributed by atoms with Gasteiger partial charge in [0, 0.05) is 24.4 Å². The zero-order valence-corrected chi connectivity index (χ0v) is 13.6. The number of rotatable bonds is 5. The van der Waals surface area contributed by atoms with Gasteiger partial charge in [-0.05, 0) is 50.5 Å². The first kappa shape index (κ1) is 16.4. The quantitative estimate of drug-likeness (QED) is 0.670. The van der Waals surface area contributed by atoms with Crippen LogP contribution in [0.4, 0.5) is 0 Å². The minimum Gasteiger partial charge on any atom is -0.390 e. The predicted molar refractivity (Wildman–Crippen MR) is 87.5 cm³/mol. The lowest BCUT2D eigenvalue weighted by molar-refractivity contribution is -0.131. The molecule has 1 heterocycles. The van der Waals surface area contributed by atoms with Crippen LogP contribution < -0.4 is 0 Å². The van der Waals surface area contributed by atoms with Crippen LogP contribution in [-0.2, 0) is 4.79 Å². The van der Waals surface area contributed by atoms with Crippen molar-refractivity contribution in [3.05, 3.63) is 30.3 Å². The Morgan fingerprint density at radius 3 is 2.81 bits per heavy atom. The van der Waals surface area contributed by atoms with Crippen molar-refractivity contribution in [1.29, 1.82) is 0 Å². The number of nitrogens with zero attached hydrogens (tertiary/aromatic N) is 1. The average molecular weight is 307 g/mol. The molecule has 1 amide bonds. The highest BCUT2D eigenvalue weighted by Crippen LogP contribution is 2.22. The Hall–Kier alpha value is -1.00. The molecule has 1 unspecified atom stereocenters. The van der Waals surface area contributed by atoms with Crippen molar-refractivity contribution in [2.45, 2.75) is 49.5 Å². The number of carbonyl (C=O) groups is 1. The zero-order chi connectivity index (χ0) is 15.1. The third-order valence-electron chi connectivity index (χ3n) is 3.96. The van der Waals surface area contributed by atoms with Gasteiger partial charge in [0.25, 0.3) is 0 Å². The second kappa shape index (κ2) is 7.85. The minimum atomic E-state index is -0.599. The second-order valence-electron chi connectivity index (χ2n) is 6.00. The van der Waals surface area contributed by atoms with Gasteiger partial charge in [-0.3, -0.25) is 4.79 Å². The van der Waals surface area contributed by atoms with Crippen LogP contribution in [0.5, 0.6) is 0 Å². The molecule has 1 aliphatic heterocycles. The Morgan fingerprint density at radius 2 is 2.05 bits per heavy atom. The SMILES string of the molecule is CC1(O)CCCN(C(=O)CCCSc2ccccc2)CC1. The first-order valence-electron chi connectivity index (χ1n) is 7.75. The van der Waals surface area contributed by atoms with E-state index in [0.29, 0.717) is 19.4 Å². The molecule has 0 spiro atoms. The van der Waals surface area contributed by atoms with Crippen LogP contribution in [0.2, 0.25) is 0 Å². The highest BCUT2D eigenvalue weighted by atomic mass is 32.2.